The van der Waals surface area contributed by atoms with Crippen molar-refractivity contribution in [1.82, 2.24) is 10.2 Å². The van der Waals surface area contributed by atoms with Crippen LogP contribution in [0, 0.1) is 0 Å². The Kier molecular flexibility index (Phi) is 5.37. The number of rotatable bonds is 3. The summed E-state index contributed by atoms with van der Waals surface area (Å²) in [6.45, 7) is 11.9. The SMILES string of the molecule is C/C=C/C(=O)NC1CC(C)(C)N(C(=O)/C=C/C)C(C)(C)C1. The van der Waals surface area contributed by atoms with Crippen molar-refractivity contribution < 1.29 is 9.59 Å². The van der Waals surface area contributed by atoms with Crippen LogP contribution in [0.1, 0.15) is 54.4 Å². The topological polar surface area (TPSA) is 49.4 Å². The average molecular weight is 292 g/mol. The van der Waals surface area contributed by atoms with Gasteiger partial charge in [0.25, 0.3) is 0 Å². The molecule has 0 atom stereocenters. The highest BCUT2D eigenvalue weighted by Gasteiger charge is 2.47. The fourth-order valence-electron chi connectivity index (χ4n) is 3.60. The standard InChI is InChI=1S/C17H28N2O2/c1-7-9-14(20)18-13-11-16(3,4)19(15(21)10-8-2)17(5,6)12-13/h7-10,13H,11-12H2,1-6H3,(H,18,20)/b9-7+,10-8+. The van der Waals surface area contributed by atoms with Crippen LogP contribution in [-0.4, -0.2) is 33.8 Å². The van der Waals surface area contributed by atoms with Gasteiger partial charge in [-0.1, -0.05) is 12.2 Å². The van der Waals surface area contributed by atoms with Crippen LogP contribution < -0.4 is 5.32 Å². The van der Waals surface area contributed by atoms with Crippen LogP contribution >= 0.6 is 0 Å². The van der Waals surface area contributed by atoms with Crippen LogP contribution in [0.2, 0.25) is 0 Å². The molecule has 1 rings (SSSR count). The average Bonchev–Trinajstić information content (AvgIpc) is 2.25. The second kappa shape index (κ2) is 6.46. The van der Waals surface area contributed by atoms with Crippen LogP contribution in [0.15, 0.2) is 24.3 Å². The molecule has 0 saturated carbocycles. The molecule has 1 N–H and O–H groups in total. The number of carbonyl (C=O) groups is 2. The zero-order chi connectivity index (χ0) is 16.3. The minimum absolute atomic E-state index is 0.0331. The van der Waals surface area contributed by atoms with Crippen LogP contribution in [0.25, 0.3) is 0 Å². The van der Waals surface area contributed by atoms with Gasteiger partial charge in [-0.25, -0.2) is 0 Å². The number of hydrogen-bond donors (Lipinski definition) is 1. The van der Waals surface area contributed by atoms with Crippen LogP contribution in [0.5, 0.6) is 0 Å². The normalized spacial score (nSPS) is 21.9. The Morgan fingerprint density at radius 2 is 1.48 bits per heavy atom. The predicted molar refractivity (Wildman–Crippen MR) is 85.8 cm³/mol. The first-order chi connectivity index (χ1) is 9.64. The molecule has 4 heteroatoms. The molecule has 0 aromatic carbocycles. The Balaban J connectivity index is 2.97. The van der Waals surface area contributed by atoms with Crippen molar-refractivity contribution in [2.75, 3.05) is 0 Å². The number of hydrogen-bond acceptors (Lipinski definition) is 2. The fraction of sp³-hybridized carbons (Fsp3) is 0.647. The Morgan fingerprint density at radius 3 is 1.90 bits per heavy atom. The maximum Gasteiger partial charge on any atom is 0.247 e. The van der Waals surface area contributed by atoms with E-state index in [0.29, 0.717) is 0 Å². The van der Waals surface area contributed by atoms with Crippen molar-refractivity contribution in [2.24, 2.45) is 0 Å². The highest BCUT2D eigenvalue weighted by Crippen LogP contribution is 2.38. The number of likely N-dealkylation sites (tertiary alicyclic amines) is 1. The van der Waals surface area contributed by atoms with Crippen molar-refractivity contribution in [2.45, 2.75) is 71.5 Å². The van der Waals surface area contributed by atoms with Gasteiger partial charge in [-0.2, -0.15) is 0 Å². The molecule has 118 valence electrons. The van der Waals surface area contributed by atoms with E-state index in [2.05, 4.69) is 33.0 Å². The van der Waals surface area contributed by atoms with E-state index in [9.17, 15) is 9.59 Å². The summed E-state index contributed by atoms with van der Waals surface area (Å²) in [6, 6.07) is 0.0772. The lowest BCUT2D eigenvalue weighted by Gasteiger charge is -2.55. The monoisotopic (exact) mass is 292 g/mol. The van der Waals surface area contributed by atoms with Crippen molar-refractivity contribution in [3.8, 4) is 0 Å². The van der Waals surface area contributed by atoms with Gasteiger partial charge in [0.1, 0.15) is 0 Å². The molecule has 0 spiro atoms. The maximum atomic E-state index is 12.4. The molecule has 0 aliphatic carbocycles. The minimum atomic E-state index is -0.299. The van der Waals surface area contributed by atoms with Gasteiger partial charge in [0.15, 0.2) is 0 Å². The number of amides is 2. The third-order valence-electron chi connectivity index (χ3n) is 3.90. The van der Waals surface area contributed by atoms with Crippen LogP contribution in [0.3, 0.4) is 0 Å². The fourth-order valence-corrected chi connectivity index (χ4v) is 3.60. The summed E-state index contributed by atoms with van der Waals surface area (Å²) >= 11 is 0. The van der Waals surface area contributed by atoms with E-state index < -0.39 is 0 Å². The molecular weight excluding hydrogens is 264 g/mol. The molecule has 0 unspecified atom stereocenters. The van der Waals surface area contributed by atoms with Gasteiger partial charge in [-0.3, -0.25) is 9.59 Å². The lowest BCUT2D eigenvalue weighted by atomic mass is 9.76. The first kappa shape index (κ1) is 17.5. The van der Waals surface area contributed by atoms with E-state index in [4.69, 9.17) is 0 Å². The summed E-state index contributed by atoms with van der Waals surface area (Å²) in [4.78, 5) is 26.1. The third-order valence-corrected chi connectivity index (χ3v) is 3.90. The Bertz CT molecular complexity index is 443. The van der Waals surface area contributed by atoms with Crippen molar-refractivity contribution >= 4 is 11.8 Å². The highest BCUT2D eigenvalue weighted by molar-refractivity contribution is 5.89. The summed E-state index contributed by atoms with van der Waals surface area (Å²) in [6.07, 6.45) is 8.16. The van der Waals surface area contributed by atoms with E-state index in [-0.39, 0.29) is 28.9 Å². The van der Waals surface area contributed by atoms with E-state index in [1.165, 1.54) is 6.08 Å². The molecule has 2 amide bonds. The molecule has 0 aromatic heterocycles. The smallest absolute Gasteiger partial charge is 0.247 e. The van der Waals surface area contributed by atoms with Crippen molar-refractivity contribution in [3.63, 3.8) is 0 Å². The molecule has 1 heterocycles. The highest BCUT2D eigenvalue weighted by atomic mass is 16.2. The first-order valence-electron chi connectivity index (χ1n) is 7.54. The second-order valence-corrected chi connectivity index (χ2v) is 6.91. The molecule has 1 aliphatic rings. The number of nitrogens with zero attached hydrogens (tertiary/aromatic N) is 1. The lowest BCUT2D eigenvalue weighted by molar-refractivity contribution is -0.144. The molecule has 21 heavy (non-hydrogen) atoms. The quantitative estimate of drug-likeness (QED) is 0.813. The molecule has 1 aliphatic heterocycles. The van der Waals surface area contributed by atoms with Gasteiger partial charge in [0.05, 0.1) is 0 Å². The zero-order valence-corrected chi connectivity index (χ0v) is 14.1. The number of allylic oxidation sites excluding steroid dienone is 2. The van der Waals surface area contributed by atoms with Gasteiger partial charge >= 0.3 is 0 Å². The van der Waals surface area contributed by atoms with E-state index in [1.807, 2.05) is 18.7 Å². The predicted octanol–water partition coefficient (Wildman–Crippen LogP) is 2.80. The summed E-state index contributed by atoms with van der Waals surface area (Å²) in [5, 5.41) is 3.04. The molecule has 0 bridgehead atoms. The van der Waals surface area contributed by atoms with Gasteiger partial charge in [-0.05, 0) is 66.5 Å². The van der Waals surface area contributed by atoms with E-state index in [1.54, 1.807) is 18.2 Å². The lowest BCUT2D eigenvalue weighted by Crippen LogP contribution is -2.65. The third kappa shape index (κ3) is 4.19. The number of piperidine rings is 1. The first-order valence-corrected chi connectivity index (χ1v) is 7.54. The Morgan fingerprint density at radius 1 is 1.00 bits per heavy atom. The molecule has 4 nitrogen and oxygen atoms in total. The van der Waals surface area contributed by atoms with Gasteiger partial charge in [0, 0.05) is 17.1 Å². The molecule has 1 fully saturated rings. The van der Waals surface area contributed by atoms with Crippen molar-refractivity contribution in [1.29, 1.82) is 0 Å². The minimum Gasteiger partial charge on any atom is -0.350 e. The summed E-state index contributed by atoms with van der Waals surface area (Å²) in [5.74, 6) is -0.0342. The zero-order valence-electron chi connectivity index (χ0n) is 14.1. The summed E-state index contributed by atoms with van der Waals surface area (Å²) in [5.41, 5.74) is -0.599. The number of carbonyl (C=O) groups excluding carboxylic acids is 2. The molecule has 0 radical (unpaired) electrons. The van der Waals surface area contributed by atoms with Crippen molar-refractivity contribution in [3.05, 3.63) is 24.3 Å². The largest absolute Gasteiger partial charge is 0.350 e. The van der Waals surface area contributed by atoms with Gasteiger partial charge in [-0.15, -0.1) is 0 Å². The van der Waals surface area contributed by atoms with Crippen LogP contribution in [0.4, 0.5) is 0 Å². The van der Waals surface area contributed by atoms with Gasteiger partial charge in [0.2, 0.25) is 11.8 Å². The van der Waals surface area contributed by atoms with E-state index in [0.717, 1.165) is 12.8 Å². The van der Waals surface area contributed by atoms with Gasteiger partial charge < -0.3 is 10.2 Å². The Hall–Kier alpha value is -1.58. The number of nitrogens with one attached hydrogen (secondary N) is 1. The summed E-state index contributed by atoms with van der Waals surface area (Å²) in [7, 11) is 0. The summed E-state index contributed by atoms with van der Waals surface area (Å²) < 4.78 is 0. The van der Waals surface area contributed by atoms with E-state index >= 15 is 0 Å². The molecular formula is C17H28N2O2. The maximum absolute atomic E-state index is 12.4. The molecule has 1 saturated heterocycles. The van der Waals surface area contributed by atoms with Crippen LogP contribution in [-0.2, 0) is 9.59 Å². The molecule has 0 aromatic rings. The second-order valence-electron chi connectivity index (χ2n) is 6.91. The Labute approximate surface area is 128 Å².